The predicted octanol–water partition coefficient (Wildman–Crippen LogP) is 4.50. The van der Waals surface area contributed by atoms with Crippen LogP contribution in [0.3, 0.4) is 0 Å². The highest BCUT2D eigenvalue weighted by Crippen LogP contribution is 2.25. The molecule has 0 aliphatic rings. The van der Waals surface area contributed by atoms with Gasteiger partial charge in [0.05, 0.1) is 21.1 Å². The number of amides is 1. The van der Waals surface area contributed by atoms with Gasteiger partial charge < -0.3 is 10.1 Å². The Labute approximate surface area is 199 Å². The van der Waals surface area contributed by atoms with E-state index in [1.807, 2.05) is 6.92 Å². The number of aromatic nitrogens is 2. The van der Waals surface area contributed by atoms with Gasteiger partial charge in [0.1, 0.15) is 0 Å². The van der Waals surface area contributed by atoms with Gasteiger partial charge in [0, 0.05) is 42.6 Å². The van der Waals surface area contributed by atoms with Crippen molar-refractivity contribution in [3.8, 4) is 0 Å². The first kappa shape index (κ1) is 24.7. The second-order valence-electron chi connectivity index (χ2n) is 7.12. The topological polar surface area (TPSA) is 116 Å². The third-order valence-electron chi connectivity index (χ3n) is 4.75. The van der Waals surface area contributed by atoms with Crippen LogP contribution in [0.4, 0.5) is 11.4 Å². The van der Waals surface area contributed by atoms with Gasteiger partial charge in [-0.15, -0.1) is 0 Å². The average molecular weight is 491 g/mol. The first-order chi connectivity index (χ1) is 15.8. The summed E-state index contributed by atoms with van der Waals surface area (Å²) in [5, 5.41) is 14.2. The quantitative estimate of drug-likeness (QED) is 0.146. The molecule has 1 heterocycles. The third-order valence-corrected chi connectivity index (χ3v) is 6.08. The maximum absolute atomic E-state index is 13.1. The minimum Gasteiger partial charge on any atom is -0.382 e. The normalized spacial score (nSPS) is 12.0. The van der Waals surface area contributed by atoms with Gasteiger partial charge in [-0.25, -0.2) is 4.98 Å². The van der Waals surface area contributed by atoms with Crippen LogP contribution in [0.5, 0.6) is 0 Å². The van der Waals surface area contributed by atoms with Crippen LogP contribution < -0.4 is 10.9 Å². The van der Waals surface area contributed by atoms with Crippen molar-refractivity contribution in [2.24, 2.45) is 0 Å². The molecule has 1 atom stereocenters. The molecule has 0 saturated heterocycles. The summed E-state index contributed by atoms with van der Waals surface area (Å²) in [7, 11) is 0. The summed E-state index contributed by atoms with van der Waals surface area (Å²) in [5.41, 5.74) is 0.619. The number of nitrogens with zero attached hydrogens (tertiary/aromatic N) is 3. The first-order valence-electron chi connectivity index (χ1n) is 10.3. The number of benzene rings is 2. The van der Waals surface area contributed by atoms with Gasteiger partial charge in [-0.1, -0.05) is 23.4 Å². The molecule has 0 saturated carbocycles. The van der Waals surface area contributed by atoms with Gasteiger partial charge in [-0.05, 0) is 50.6 Å². The van der Waals surface area contributed by atoms with Crippen LogP contribution in [0.25, 0.3) is 10.9 Å². The average Bonchev–Trinajstić information content (AvgIpc) is 2.78. The van der Waals surface area contributed by atoms with E-state index in [-0.39, 0.29) is 17.2 Å². The van der Waals surface area contributed by atoms with Crippen LogP contribution in [0.2, 0.25) is 5.02 Å². The van der Waals surface area contributed by atoms with Gasteiger partial charge >= 0.3 is 0 Å². The molecule has 1 amide bonds. The van der Waals surface area contributed by atoms with E-state index in [9.17, 15) is 19.7 Å². The smallest absolute Gasteiger partial charge is 0.269 e. The summed E-state index contributed by atoms with van der Waals surface area (Å²) in [4.78, 5) is 40.7. The maximum Gasteiger partial charge on any atom is 0.269 e. The first-order valence-corrected chi connectivity index (χ1v) is 11.6. The summed E-state index contributed by atoms with van der Waals surface area (Å²) in [5.74, 6) is -0.324. The van der Waals surface area contributed by atoms with Gasteiger partial charge in [0.25, 0.3) is 11.2 Å². The number of hydrogen-bond donors (Lipinski definition) is 1. The highest BCUT2D eigenvalue weighted by Gasteiger charge is 2.20. The fourth-order valence-electron chi connectivity index (χ4n) is 3.05. The number of nitro benzene ring substituents is 1. The number of hydrogen-bond acceptors (Lipinski definition) is 7. The molecule has 3 rings (SSSR count). The molecule has 1 unspecified atom stereocenters. The number of nitro groups is 1. The van der Waals surface area contributed by atoms with E-state index in [0.29, 0.717) is 52.9 Å². The number of carbonyl (C=O) groups is 1. The second-order valence-corrected chi connectivity index (χ2v) is 8.86. The number of anilines is 1. The Morgan fingerprint density at radius 2 is 2.03 bits per heavy atom. The van der Waals surface area contributed by atoms with Crippen molar-refractivity contribution in [1.82, 2.24) is 9.55 Å². The predicted molar refractivity (Wildman–Crippen MR) is 129 cm³/mol. The molecule has 3 aromatic rings. The lowest BCUT2D eigenvalue weighted by atomic mass is 10.2. The molecule has 1 N–H and O–H groups in total. The molecule has 0 aliphatic carbocycles. The zero-order valence-electron chi connectivity index (χ0n) is 18.1. The number of halogens is 1. The fourth-order valence-corrected chi connectivity index (χ4v) is 4.15. The number of carbonyl (C=O) groups excluding carboxylic acids is 1. The molecule has 0 aliphatic heterocycles. The number of fused-ring (bicyclic) bond motifs is 1. The van der Waals surface area contributed by atoms with E-state index in [0.717, 1.165) is 11.8 Å². The molecule has 2 aromatic carbocycles. The van der Waals surface area contributed by atoms with Crippen molar-refractivity contribution in [2.75, 3.05) is 18.5 Å². The Kier molecular flexibility index (Phi) is 8.43. The van der Waals surface area contributed by atoms with Crippen molar-refractivity contribution in [2.45, 2.75) is 37.2 Å². The Bertz CT molecular complexity index is 1220. The highest BCUT2D eigenvalue weighted by molar-refractivity contribution is 8.00. The lowest BCUT2D eigenvalue weighted by Crippen LogP contribution is -2.27. The summed E-state index contributed by atoms with van der Waals surface area (Å²) >= 11 is 7.23. The van der Waals surface area contributed by atoms with Gasteiger partial charge in [0.2, 0.25) is 5.91 Å². The van der Waals surface area contributed by atoms with Crippen molar-refractivity contribution in [3.63, 3.8) is 0 Å². The summed E-state index contributed by atoms with van der Waals surface area (Å²) in [6, 6.07) is 10.5. The van der Waals surface area contributed by atoms with E-state index >= 15 is 0 Å². The SMILES string of the molecule is CCOCCCn1c(SC(C)C(=O)Nc2ccc([N+](=O)[O-])cc2)nc2cc(Cl)ccc2c1=O. The van der Waals surface area contributed by atoms with E-state index < -0.39 is 10.2 Å². The molecule has 0 spiro atoms. The van der Waals surface area contributed by atoms with Crippen molar-refractivity contribution in [1.29, 1.82) is 0 Å². The number of ether oxygens (including phenoxy) is 1. The maximum atomic E-state index is 13.1. The summed E-state index contributed by atoms with van der Waals surface area (Å²) in [6.45, 7) is 5.08. The van der Waals surface area contributed by atoms with Gasteiger partial charge in [-0.3, -0.25) is 24.3 Å². The lowest BCUT2D eigenvalue weighted by Gasteiger charge is -2.16. The number of rotatable bonds is 10. The van der Waals surface area contributed by atoms with E-state index in [1.54, 1.807) is 29.7 Å². The Morgan fingerprint density at radius 3 is 2.70 bits per heavy atom. The van der Waals surface area contributed by atoms with E-state index in [1.165, 1.54) is 24.3 Å². The van der Waals surface area contributed by atoms with Crippen molar-refractivity contribution < 1.29 is 14.5 Å². The number of thioether (sulfide) groups is 1. The number of non-ortho nitro benzene ring substituents is 1. The molecular formula is C22H23ClN4O5S. The molecule has 174 valence electrons. The Morgan fingerprint density at radius 1 is 1.30 bits per heavy atom. The minimum absolute atomic E-state index is 0.0643. The summed E-state index contributed by atoms with van der Waals surface area (Å²) in [6.07, 6.45) is 0.617. The molecule has 1 aromatic heterocycles. The third kappa shape index (κ3) is 6.31. The van der Waals surface area contributed by atoms with Crippen LogP contribution in [0, 0.1) is 10.1 Å². The molecule has 9 nitrogen and oxygen atoms in total. The monoisotopic (exact) mass is 490 g/mol. The van der Waals surface area contributed by atoms with Crippen LogP contribution in [-0.2, 0) is 16.1 Å². The van der Waals surface area contributed by atoms with Crippen LogP contribution in [0.15, 0.2) is 52.4 Å². The van der Waals surface area contributed by atoms with E-state index in [4.69, 9.17) is 16.3 Å². The largest absolute Gasteiger partial charge is 0.382 e. The van der Waals surface area contributed by atoms with Crippen molar-refractivity contribution in [3.05, 3.63) is 68.0 Å². The standard InChI is InChI=1S/C22H23ClN4O5S/c1-3-32-12-4-11-26-21(29)18-10-5-15(23)13-19(18)25-22(26)33-14(2)20(28)24-16-6-8-17(9-7-16)27(30)31/h5-10,13-14H,3-4,11-12H2,1-2H3,(H,24,28). The molecule has 11 heteroatoms. The minimum atomic E-state index is -0.595. The van der Waals surface area contributed by atoms with Crippen LogP contribution in [0.1, 0.15) is 20.3 Å². The lowest BCUT2D eigenvalue weighted by molar-refractivity contribution is -0.384. The Balaban J connectivity index is 1.83. The zero-order valence-corrected chi connectivity index (χ0v) is 19.7. The van der Waals surface area contributed by atoms with Crippen LogP contribution in [-0.4, -0.2) is 38.8 Å². The fraction of sp³-hybridized carbons (Fsp3) is 0.318. The molecule has 33 heavy (non-hydrogen) atoms. The van der Waals surface area contributed by atoms with Gasteiger partial charge in [-0.2, -0.15) is 0 Å². The second kappa shape index (κ2) is 11.3. The number of nitrogens with one attached hydrogen (secondary N) is 1. The van der Waals surface area contributed by atoms with Crippen molar-refractivity contribution >= 4 is 51.5 Å². The van der Waals surface area contributed by atoms with Crippen LogP contribution >= 0.6 is 23.4 Å². The molecule has 0 bridgehead atoms. The zero-order chi connectivity index (χ0) is 24.0. The Hall–Kier alpha value is -2.95. The van der Waals surface area contributed by atoms with E-state index in [2.05, 4.69) is 10.3 Å². The highest BCUT2D eigenvalue weighted by atomic mass is 35.5. The molecule has 0 fully saturated rings. The van der Waals surface area contributed by atoms with Gasteiger partial charge in [0.15, 0.2) is 5.16 Å². The molecule has 0 radical (unpaired) electrons. The molecular weight excluding hydrogens is 468 g/mol. The summed E-state index contributed by atoms with van der Waals surface area (Å²) < 4.78 is 6.93.